The Labute approximate surface area is 126 Å². The Morgan fingerprint density at radius 1 is 1.05 bits per heavy atom. The summed E-state index contributed by atoms with van der Waals surface area (Å²) >= 11 is 0. The van der Waals surface area contributed by atoms with Crippen molar-refractivity contribution in [2.24, 2.45) is 0 Å². The maximum Gasteiger partial charge on any atom is 0.336 e. The lowest BCUT2D eigenvalue weighted by atomic mass is 9.98. The van der Waals surface area contributed by atoms with Gasteiger partial charge in [-0.2, -0.15) is 0 Å². The molecule has 0 unspecified atom stereocenters. The van der Waals surface area contributed by atoms with Crippen LogP contribution in [0.2, 0.25) is 0 Å². The predicted octanol–water partition coefficient (Wildman–Crippen LogP) is 4.33. The Bertz CT molecular complexity index is 480. The molecule has 4 nitrogen and oxygen atoms in total. The summed E-state index contributed by atoms with van der Waals surface area (Å²) in [4.78, 5) is 23.4. The number of methoxy groups -OCH3 is 1. The summed E-state index contributed by atoms with van der Waals surface area (Å²) in [6.07, 6.45) is 6.96. The summed E-state index contributed by atoms with van der Waals surface area (Å²) in [5.74, 6) is -0.697. The Kier molecular flexibility index (Phi) is 7.51. The van der Waals surface area contributed by atoms with Crippen molar-refractivity contribution in [3.05, 3.63) is 29.3 Å². The van der Waals surface area contributed by atoms with E-state index in [0.717, 1.165) is 19.3 Å². The van der Waals surface area contributed by atoms with E-state index >= 15 is 0 Å². The Morgan fingerprint density at radius 2 is 1.71 bits per heavy atom. The minimum atomic E-state index is -1.08. The van der Waals surface area contributed by atoms with Crippen LogP contribution in [0, 0.1) is 0 Å². The van der Waals surface area contributed by atoms with E-state index < -0.39 is 5.97 Å². The highest BCUT2D eigenvalue weighted by Gasteiger charge is 2.17. The number of ether oxygens (including phenoxy) is 1. The van der Waals surface area contributed by atoms with Crippen molar-refractivity contribution in [2.75, 3.05) is 7.11 Å². The largest absolute Gasteiger partial charge is 0.497 e. The van der Waals surface area contributed by atoms with Crippen LogP contribution in [0.5, 0.6) is 5.75 Å². The van der Waals surface area contributed by atoms with E-state index in [2.05, 4.69) is 6.92 Å². The number of unbranched alkanes of at least 4 members (excludes halogenated alkanes) is 5. The van der Waals surface area contributed by atoms with Crippen LogP contribution in [-0.4, -0.2) is 24.0 Å². The topological polar surface area (TPSA) is 63.6 Å². The van der Waals surface area contributed by atoms with Gasteiger partial charge in [-0.15, -0.1) is 0 Å². The van der Waals surface area contributed by atoms with Crippen molar-refractivity contribution < 1.29 is 19.4 Å². The molecule has 1 rings (SSSR count). The SMILES string of the molecule is CCCCCCCCC(=O)c1cc(OC)ccc1C(=O)O. The van der Waals surface area contributed by atoms with Crippen molar-refractivity contribution in [2.45, 2.75) is 51.9 Å². The Morgan fingerprint density at radius 3 is 2.33 bits per heavy atom. The molecule has 116 valence electrons. The lowest BCUT2D eigenvalue weighted by molar-refractivity contribution is 0.0691. The first-order chi connectivity index (χ1) is 10.1. The van der Waals surface area contributed by atoms with Crippen LogP contribution in [-0.2, 0) is 0 Å². The molecule has 1 aromatic rings. The molecule has 0 atom stereocenters. The number of benzene rings is 1. The zero-order valence-electron chi connectivity index (χ0n) is 12.9. The fourth-order valence-electron chi connectivity index (χ4n) is 2.27. The number of carboxylic acid groups (broad SMARTS) is 1. The molecule has 0 aliphatic heterocycles. The maximum absolute atomic E-state index is 12.2. The van der Waals surface area contributed by atoms with Gasteiger partial charge >= 0.3 is 5.97 Å². The second-order valence-corrected chi connectivity index (χ2v) is 5.16. The van der Waals surface area contributed by atoms with Crippen LogP contribution in [0.1, 0.15) is 72.6 Å². The van der Waals surface area contributed by atoms with Crippen molar-refractivity contribution in [3.8, 4) is 5.75 Å². The molecule has 0 heterocycles. The number of hydrogen-bond acceptors (Lipinski definition) is 3. The van der Waals surface area contributed by atoms with Gasteiger partial charge in [0.15, 0.2) is 5.78 Å². The molecular weight excluding hydrogens is 268 g/mol. The molecule has 0 saturated heterocycles. The number of rotatable bonds is 10. The van der Waals surface area contributed by atoms with E-state index in [4.69, 9.17) is 9.84 Å². The highest BCUT2D eigenvalue weighted by Crippen LogP contribution is 2.20. The third kappa shape index (κ3) is 5.58. The summed E-state index contributed by atoms with van der Waals surface area (Å²) < 4.78 is 5.06. The van der Waals surface area contributed by atoms with Gasteiger partial charge in [-0.05, 0) is 24.6 Å². The van der Waals surface area contributed by atoms with Crippen molar-refractivity contribution in [1.29, 1.82) is 0 Å². The minimum absolute atomic E-state index is 0.0479. The van der Waals surface area contributed by atoms with Crippen LogP contribution in [0.4, 0.5) is 0 Å². The van der Waals surface area contributed by atoms with E-state index in [1.54, 1.807) is 6.07 Å². The van der Waals surface area contributed by atoms with Crippen LogP contribution in [0.15, 0.2) is 18.2 Å². The van der Waals surface area contributed by atoms with Gasteiger partial charge in [0, 0.05) is 12.0 Å². The number of aromatic carboxylic acids is 1. The molecule has 1 N–H and O–H groups in total. The van der Waals surface area contributed by atoms with Gasteiger partial charge in [0.1, 0.15) is 5.75 Å². The first kappa shape index (κ1) is 17.2. The van der Waals surface area contributed by atoms with E-state index in [1.807, 2.05) is 0 Å². The van der Waals surface area contributed by atoms with E-state index in [0.29, 0.717) is 12.2 Å². The van der Waals surface area contributed by atoms with Gasteiger partial charge in [0.05, 0.1) is 12.7 Å². The van der Waals surface area contributed by atoms with Crippen molar-refractivity contribution in [1.82, 2.24) is 0 Å². The predicted molar refractivity (Wildman–Crippen MR) is 82.3 cm³/mol. The smallest absolute Gasteiger partial charge is 0.336 e. The zero-order valence-corrected chi connectivity index (χ0v) is 12.9. The fourth-order valence-corrected chi connectivity index (χ4v) is 2.27. The number of carbonyl (C=O) groups is 2. The van der Waals surface area contributed by atoms with E-state index in [1.165, 1.54) is 38.5 Å². The number of hydrogen-bond donors (Lipinski definition) is 1. The highest BCUT2D eigenvalue weighted by molar-refractivity contribution is 6.06. The van der Waals surface area contributed by atoms with Gasteiger partial charge < -0.3 is 9.84 Å². The molecule has 0 spiro atoms. The summed E-state index contributed by atoms with van der Waals surface area (Å²) in [6, 6.07) is 4.50. The molecular formula is C17H24O4. The van der Waals surface area contributed by atoms with Crippen molar-refractivity contribution in [3.63, 3.8) is 0 Å². The molecule has 0 amide bonds. The average Bonchev–Trinajstić information content (AvgIpc) is 2.49. The second-order valence-electron chi connectivity index (χ2n) is 5.16. The maximum atomic E-state index is 12.2. The monoisotopic (exact) mass is 292 g/mol. The lowest BCUT2D eigenvalue weighted by Crippen LogP contribution is -2.09. The first-order valence-electron chi connectivity index (χ1n) is 7.54. The van der Waals surface area contributed by atoms with Crippen LogP contribution in [0.3, 0.4) is 0 Å². The molecule has 0 bridgehead atoms. The number of Topliss-reactive ketones (excluding diaryl/α,β-unsaturated/α-hetero) is 1. The Balaban J connectivity index is 2.61. The molecule has 0 radical (unpaired) electrons. The molecule has 0 aromatic heterocycles. The molecule has 0 aliphatic rings. The van der Waals surface area contributed by atoms with Crippen LogP contribution in [0.25, 0.3) is 0 Å². The third-order valence-corrected chi connectivity index (χ3v) is 3.51. The quantitative estimate of drug-likeness (QED) is 0.515. The highest BCUT2D eigenvalue weighted by atomic mass is 16.5. The summed E-state index contributed by atoms with van der Waals surface area (Å²) in [5.41, 5.74) is 0.294. The number of ketones is 1. The number of carboxylic acids is 1. The normalized spacial score (nSPS) is 10.4. The van der Waals surface area contributed by atoms with E-state index in [-0.39, 0.29) is 16.9 Å². The third-order valence-electron chi connectivity index (χ3n) is 3.51. The molecule has 1 aromatic carbocycles. The molecule has 0 saturated carbocycles. The summed E-state index contributed by atoms with van der Waals surface area (Å²) in [7, 11) is 1.50. The molecule has 0 fully saturated rings. The van der Waals surface area contributed by atoms with E-state index in [9.17, 15) is 9.59 Å². The van der Waals surface area contributed by atoms with Crippen LogP contribution < -0.4 is 4.74 Å². The van der Waals surface area contributed by atoms with Gasteiger partial charge in [-0.1, -0.05) is 39.0 Å². The molecule has 4 heteroatoms. The zero-order chi connectivity index (χ0) is 15.7. The Hall–Kier alpha value is -1.84. The first-order valence-corrected chi connectivity index (χ1v) is 7.54. The average molecular weight is 292 g/mol. The van der Waals surface area contributed by atoms with Crippen molar-refractivity contribution >= 4 is 11.8 Å². The standard InChI is InChI=1S/C17H24O4/c1-3-4-5-6-7-8-9-16(18)15-12-13(21-2)10-11-14(15)17(19)20/h10-12H,3-9H2,1-2H3,(H,19,20). The minimum Gasteiger partial charge on any atom is -0.497 e. The van der Waals surface area contributed by atoms with Gasteiger partial charge in [-0.3, -0.25) is 4.79 Å². The molecule has 21 heavy (non-hydrogen) atoms. The summed E-state index contributed by atoms with van der Waals surface area (Å²) in [5, 5.41) is 9.15. The second kappa shape index (κ2) is 9.16. The van der Waals surface area contributed by atoms with Crippen LogP contribution >= 0.6 is 0 Å². The summed E-state index contributed by atoms with van der Waals surface area (Å²) in [6.45, 7) is 2.17. The number of carbonyl (C=O) groups excluding carboxylic acids is 1. The lowest BCUT2D eigenvalue weighted by Gasteiger charge is -2.08. The van der Waals surface area contributed by atoms with Gasteiger partial charge in [0.25, 0.3) is 0 Å². The van der Waals surface area contributed by atoms with Gasteiger partial charge in [-0.25, -0.2) is 4.79 Å². The molecule has 0 aliphatic carbocycles. The fraction of sp³-hybridized carbons (Fsp3) is 0.529. The van der Waals surface area contributed by atoms with Gasteiger partial charge in [0.2, 0.25) is 0 Å².